The zero-order valence-corrected chi connectivity index (χ0v) is 14.7. The maximum atomic E-state index is 14.1. The fourth-order valence-electron chi connectivity index (χ4n) is 2.98. The van der Waals surface area contributed by atoms with Crippen molar-refractivity contribution in [2.45, 2.75) is 18.8 Å². The largest absolute Gasteiger partial charge is 0.492 e. The number of hydrogen-bond acceptors (Lipinski definition) is 4. The highest BCUT2D eigenvalue weighted by Crippen LogP contribution is 2.40. The number of rotatable bonds is 3. The normalized spacial score (nSPS) is 13.4. The van der Waals surface area contributed by atoms with Crippen LogP contribution in [0.1, 0.15) is 29.9 Å². The van der Waals surface area contributed by atoms with Crippen LogP contribution in [0.5, 0.6) is 5.88 Å². The number of halogens is 2. The summed E-state index contributed by atoms with van der Waals surface area (Å²) in [6, 6.07) is 13.0. The van der Waals surface area contributed by atoms with Gasteiger partial charge in [0.05, 0.1) is 11.3 Å². The summed E-state index contributed by atoms with van der Waals surface area (Å²) in [5.74, 6) is -0.782. The van der Waals surface area contributed by atoms with Gasteiger partial charge in [-0.15, -0.1) is 0 Å². The zero-order valence-electron chi connectivity index (χ0n) is 14.0. The summed E-state index contributed by atoms with van der Waals surface area (Å²) in [4.78, 5) is 16.7. The van der Waals surface area contributed by atoms with Crippen molar-refractivity contribution in [2.75, 3.05) is 0 Å². The smallest absolute Gasteiger partial charge is 0.281 e. The monoisotopic (exact) mass is 381 g/mol. The Bertz CT molecular complexity index is 1150. The molecule has 0 spiro atoms. The molecule has 1 aromatic heterocycles. The molecule has 7 heteroatoms. The lowest BCUT2D eigenvalue weighted by Gasteiger charge is -2.14. The first kappa shape index (κ1) is 17.3. The summed E-state index contributed by atoms with van der Waals surface area (Å²) in [6.07, 6.45) is 2.31. The van der Waals surface area contributed by atoms with Gasteiger partial charge in [0, 0.05) is 5.56 Å². The summed E-state index contributed by atoms with van der Waals surface area (Å²) in [6.45, 7) is 0. The molecule has 0 atom stereocenters. The second-order valence-electron chi connectivity index (χ2n) is 6.39. The third-order valence-corrected chi connectivity index (χ3v) is 4.89. The molecule has 1 saturated carbocycles. The van der Waals surface area contributed by atoms with E-state index in [9.17, 15) is 14.3 Å². The van der Waals surface area contributed by atoms with E-state index in [1.54, 1.807) is 18.2 Å². The number of nitriles is 1. The molecule has 27 heavy (non-hydrogen) atoms. The van der Waals surface area contributed by atoms with E-state index in [0.717, 1.165) is 18.9 Å². The van der Waals surface area contributed by atoms with Crippen LogP contribution in [0.2, 0.25) is 5.02 Å². The number of nitrogens with zero attached hydrogens (tertiary/aromatic N) is 3. The Labute approximate surface area is 158 Å². The van der Waals surface area contributed by atoms with E-state index in [1.807, 2.05) is 12.1 Å². The van der Waals surface area contributed by atoms with Crippen LogP contribution < -0.4 is 5.56 Å². The number of aromatic hydroxyl groups is 1. The van der Waals surface area contributed by atoms with Gasteiger partial charge in [-0.2, -0.15) is 10.2 Å². The predicted molar refractivity (Wildman–Crippen MR) is 98.6 cm³/mol. The lowest BCUT2D eigenvalue weighted by molar-refractivity contribution is 0.451. The van der Waals surface area contributed by atoms with Crippen molar-refractivity contribution in [1.82, 2.24) is 9.55 Å². The Morgan fingerprint density at radius 2 is 1.93 bits per heavy atom. The van der Waals surface area contributed by atoms with Crippen molar-refractivity contribution in [2.24, 2.45) is 0 Å². The minimum Gasteiger partial charge on any atom is -0.492 e. The molecule has 0 bridgehead atoms. The molecular weight excluding hydrogens is 369 g/mol. The minimum atomic E-state index is -0.741. The second kappa shape index (κ2) is 6.53. The minimum absolute atomic E-state index is 0.0319. The molecular formula is C20H13ClFN3O2. The van der Waals surface area contributed by atoms with Crippen LogP contribution in [-0.4, -0.2) is 14.7 Å². The Morgan fingerprint density at radius 3 is 2.52 bits per heavy atom. The summed E-state index contributed by atoms with van der Waals surface area (Å²) >= 11 is 5.90. The van der Waals surface area contributed by atoms with Crippen LogP contribution in [0.15, 0.2) is 47.3 Å². The second-order valence-corrected chi connectivity index (χ2v) is 6.76. The van der Waals surface area contributed by atoms with Gasteiger partial charge < -0.3 is 5.11 Å². The van der Waals surface area contributed by atoms with Gasteiger partial charge in [-0.3, -0.25) is 9.36 Å². The van der Waals surface area contributed by atoms with Gasteiger partial charge in [0.1, 0.15) is 11.9 Å². The van der Waals surface area contributed by atoms with Crippen LogP contribution in [-0.2, 0) is 0 Å². The Kier molecular flexibility index (Phi) is 4.17. The average Bonchev–Trinajstić information content (AvgIpc) is 3.51. The maximum absolute atomic E-state index is 14.1. The first-order valence-corrected chi connectivity index (χ1v) is 8.69. The lowest BCUT2D eigenvalue weighted by atomic mass is 10.1. The van der Waals surface area contributed by atoms with Crippen molar-refractivity contribution >= 4 is 11.6 Å². The van der Waals surface area contributed by atoms with Crippen LogP contribution >= 0.6 is 11.6 Å². The van der Waals surface area contributed by atoms with E-state index >= 15 is 0 Å². The quantitative estimate of drug-likeness (QED) is 0.739. The van der Waals surface area contributed by atoms with E-state index < -0.39 is 22.3 Å². The van der Waals surface area contributed by atoms with Gasteiger partial charge in [-0.25, -0.2) is 4.39 Å². The fourth-order valence-corrected chi connectivity index (χ4v) is 3.11. The fraction of sp³-hybridized carbons (Fsp3) is 0.150. The van der Waals surface area contributed by atoms with Crippen molar-refractivity contribution in [1.29, 1.82) is 5.26 Å². The van der Waals surface area contributed by atoms with Crippen molar-refractivity contribution < 1.29 is 9.50 Å². The molecule has 1 aliphatic rings. The molecule has 4 rings (SSSR count). The van der Waals surface area contributed by atoms with Crippen LogP contribution in [0.3, 0.4) is 0 Å². The van der Waals surface area contributed by atoms with Gasteiger partial charge in [0.15, 0.2) is 10.8 Å². The highest BCUT2D eigenvalue weighted by Gasteiger charge is 2.24. The summed E-state index contributed by atoms with van der Waals surface area (Å²) in [7, 11) is 0. The molecule has 0 radical (unpaired) electrons. The first-order valence-electron chi connectivity index (χ1n) is 8.31. The van der Waals surface area contributed by atoms with E-state index in [1.165, 1.54) is 22.3 Å². The molecule has 0 unspecified atom stereocenters. The highest BCUT2D eigenvalue weighted by atomic mass is 35.5. The summed E-state index contributed by atoms with van der Waals surface area (Å²) < 4.78 is 15.3. The Balaban J connectivity index is 1.92. The molecule has 1 fully saturated rings. The van der Waals surface area contributed by atoms with Crippen molar-refractivity contribution in [3.05, 3.63) is 74.8 Å². The standard InChI is InChI=1S/C20H13ClFN3O2/c21-17-19(26)24-18(13-3-4-14(10-23)16(22)9-13)25(20(17)27)15-7-5-12(6-8-15)11-1-2-11/h3-9,11,26H,1-2H2. The Hall–Kier alpha value is -3.17. The van der Waals surface area contributed by atoms with Crippen LogP contribution in [0.25, 0.3) is 17.1 Å². The third-order valence-electron chi connectivity index (χ3n) is 4.56. The van der Waals surface area contributed by atoms with Crippen LogP contribution in [0, 0.1) is 17.1 Å². The van der Waals surface area contributed by atoms with E-state index in [4.69, 9.17) is 16.9 Å². The zero-order chi connectivity index (χ0) is 19.1. The molecule has 1 aliphatic carbocycles. The van der Waals surface area contributed by atoms with Crippen LogP contribution in [0.4, 0.5) is 4.39 Å². The molecule has 1 heterocycles. The van der Waals surface area contributed by atoms with Crippen molar-refractivity contribution in [3.63, 3.8) is 0 Å². The average molecular weight is 382 g/mol. The number of benzene rings is 2. The van der Waals surface area contributed by atoms with E-state index in [-0.39, 0.29) is 17.0 Å². The van der Waals surface area contributed by atoms with Gasteiger partial charge in [-0.05, 0) is 54.7 Å². The first-order chi connectivity index (χ1) is 13.0. The maximum Gasteiger partial charge on any atom is 0.281 e. The Morgan fingerprint density at radius 1 is 1.22 bits per heavy atom. The third kappa shape index (κ3) is 3.07. The predicted octanol–water partition coefficient (Wildman–Crippen LogP) is 4.15. The summed E-state index contributed by atoms with van der Waals surface area (Å²) in [5, 5.41) is 18.4. The molecule has 0 amide bonds. The molecule has 2 aromatic carbocycles. The van der Waals surface area contributed by atoms with Gasteiger partial charge in [0.2, 0.25) is 5.88 Å². The number of hydrogen-bond donors (Lipinski definition) is 1. The topological polar surface area (TPSA) is 78.9 Å². The van der Waals surface area contributed by atoms with Gasteiger partial charge in [-0.1, -0.05) is 23.7 Å². The molecule has 1 N–H and O–H groups in total. The summed E-state index contributed by atoms with van der Waals surface area (Å²) in [5.41, 5.74) is 1.14. The van der Waals surface area contributed by atoms with Crippen molar-refractivity contribution in [3.8, 4) is 29.0 Å². The van der Waals surface area contributed by atoms with Gasteiger partial charge in [0.25, 0.3) is 5.56 Å². The molecule has 0 saturated heterocycles. The van der Waals surface area contributed by atoms with E-state index in [2.05, 4.69) is 4.98 Å². The molecule has 134 valence electrons. The highest BCUT2D eigenvalue weighted by molar-refractivity contribution is 6.31. The molecule has 0 aliphatic heterocycles. The van der Waals surface area contributed by atoms with Gasteiger partial charge >= 0.3 is 0 Å². The lowest BCUT2D eigenvalue weighted by Crippen LogP contribution is -2.22. The molecule has 3 aromatic rings. The number of aromatic nitrogens is 2. The SMILES string of the molecule is N#Cc1ccc(-c2nc(O)c(Cl)c(=O)n2-c2ccc(C3CC3)cc2)cc1F. The van der Waals surface area contributed by atoms with E-state index in [0.29, 0.717) is 11.6 Å². The molecule has 5 nitrogen and oxygen atoms in total.